The molecule has 2 N–H and O–H groups in total. The maximum atomic E-state index is 5.66. The Morgan fingerprint density at radius 1 is 1.44 bits per heavy atom. The Balaban J connectivity index is 2.11. The lowest BCUT2D eigenvalue weighted by Crippen LogP contribution is -2.09. The van der Waals surface area contributed by atoms with Crippen molar-refractivity contribution in [1.29, 1.82) is 0 Å². The van der Waals surface area contributed by atoms with Gasteiger partial charge in [0.25, 0.3) is 0 Å². The molecule has 0 aromatic carbocycles. The SMILES string of the molecule is CC(CN)c1nn2c(-c3cccnc3)nnc2s1. The van der Waals surface area contributed by atoms with Crippen molar-refractivity contribution in [2.75, 3.05) is 6.54 Å². The fourth-order valence-corrected chi connectivity index (χ4v) is 2.51. The summed E-state index contributed by atoms with van der Waals surface area (Å²) < 4.78 is 1.75. The molecule has 1 atom stereocenters. The summed E-state index contributed by atoms with van der Waals surface area (Å²) in [5.74, 6) is 0.947. The maximum Gasteiger partial charge on any atom is 0.234 e. The molecule has 0 saturated heterocycles. The first-order valence-electron chi connectivity index (χ1n) is 5.62. The van der Waals surface area contributed by atoms with Crippen LogP contribution in [0.25, 0.3) is 16.3 Å². The minimum absolute atomic E-state index is 0.235. The van der Waals surface area contributed by atoms with Crippen LogP contribution in [0, 0.1) is 0 Å². The third-order valence-corrected chi connectivity index (χ3v) is 3.83. The lowest BCUT2D eigenvalue weighted by Gasteiger charge is -2.01. The van der Waals surface area contributed by atoms with Crippen LogP contribution in [0.5, 0.6) is 0 Å². The topological polar surface area (TPSA) is 82.0 Å². The van der Waals surface area contributed by atoms with E-state index in [1.54, 1.807) is 16.9 Å². The van der Waals surface area contributed by atoms with E-state index in [0.29, 0.717) is 12.4 Å². The molecule has 0 spiro atoms. The Kier molecular flexibility index (Phi) is 2.77. The largest absolute Gasteiger partial charge is 0.330 e. The van der Waals surface area contributed by atoms with E-state index in [-0.39, 0.29) is 5.92 Å². The van der Waals surface area contributed by atoms with E-state index in [4.69, 9.17) is 5.73 Å². The van der Waals surface area contributed by atoms with Crippen LogP contribution in [-0.4, -0.2) is 31.3 Å². The van der Waals surface area contributed by atoms with Gasteiger partial charge in [-0.05, 0) is 12.1 Å². The summed E-state index contributed by atoms with van der Waals surface area (Å²) in [6.07, 6.45) is 3.48. The highest BCUT2D eigenvalue weighted by Gasteiger charge is 2.16. The third-order valence-electron chi connectivity index (χ3n) is 2.70. The molecule has 0 radical (unpaired) electrons. The van der Waals surface area contributed by atoms with Crippen LogP contribution in [0.1, 0.15) is 17.8 Å². The number of pyridine rings is 1. The minimum Gasteiger partial charge on any atom is -0.330 e. The Bertz CT molecular complexity index is 659. The Morgan fingerprint density at radius 2 is 2.33 bits per heavy atom. The minimum atomic E-state index is 0.235. The van der Waals surface area contributed by atoms with E-state index in [9.17, 15) is 0 Å². The van der Waals surface area contributed by atoms with Gasteiger partial charge in [-0.25, -0.2) is 0 Å². The normalized spacial score (nSPS) is 13.0. The van der Waals surface area contributed by atoms with Crippen LogP contribution < -0.4 is 5.73 Å². The molecule has 0 aliphatic heterocycles. The van der Waals surface area contributed by atoms with Crippen molar-refractivity contribution in [3.63, 3.8) is 0 Å². The molecule has 0 aliphatic rings. The standard InChI is InChI=1S/C11H12N6S/c1-7(5-12)10-16-17-9(14-15-11(17)18-10)8-3-2-4-13-6-8/h2-4,6-7H,5,12H2,1H3. The van der Waals surface area contributed by atoms with Gasteiger partial charge in [-0.15, -0.1) is 10.2 Å². The van der Waals surface area contributed by atoms with Gasteiger partial charge >= 0.3 is 0 Å². The first-order chi connectivity index (χ1) is 8.79. The first kappa shape index (κ1) is 11.2. The number of nitrogens with two attached hydrogens (primary N) is 1. The molecule has 6 nitrogen and oxygen atoms in total. The van der Waals surface area contributed by atoms with Crippen molar-refractivity contribution in [3.05, 3.63) is 29.5 Å². The van der Waals surface area contributed by atoms with Crippen molar-refractivity contribution in [2.45, 2.75) is 12.8 Å². The second kappa shape index (κ2) is 4.43. The summed E-state index contributed by atoms with van der Waals surface area (Å²) in [5, 5.41) is 13.8. The van der Waals surface area contributed by atoms with E-state index in [0.717, 1.165) is 15.5 Å². The van der Waals surface area contributed by atoms with Crippen LogP contribution in [0.15, 0.2) is 24.5 Å². The number of hydrogen-bond acceptors (Lipinski definition) is 6. The van der Waals surface area contributed by atoms with E-state index in [1.165, 1.54) is 11.3 Å². The van der Waals surface area contributed by atoms with Gasteiger partial charge in [0.15, 0.2) is 5.82 Å². The molecule has 92 valence electrons. The lowest BCUT2D eigenvalue weighted by atomic mass is 10.2. The van der Waals surface area contributed by atoms with Crippen molar-refractivity contribution >= 4 is 16.3 Å². The quantitative estimate of drug-likeness (QED) is 0.767. The molecule has 0 fully saturated rings. The second-order valence-electron chi connectivity index (χ2n) is 4.04. The summed E-state index contributed by atoms with van der Waals surface area (Å²) in [5.41, 5.74) is 6.56. The van der Waals surface area contributed by atoms with Crippen LogP contribution in [0.4, 0.5) is 0 Å². The predicted octanol–water partition coefficient (Wildman–Crippen LogP) is 1.31. The Labute approximate surface area is 107 Å². The van der Waals surface area contributed by atoms with E-state index >= 15 is 0 Å². The number of nitrogens with zero attached hydrogens (tertiary/aromatic N) is 5. The number of aromatic nitrogens is 5. The van der Waals surface area contributed by atoms with Gasteiger partial charge in [-0.2, -0.15) is 9.61 Å². The highest BCUT2D eigenvalue weighted by atomic mass is 32.1. The van der Waals surface area contributed by atoms with Crippen LogP contribution in [0.3, 0.4) is 0 Å². The zero-order chi connectivity index (χ0) is 12.5. The molecular formula is C11H12N6S. The smallest absolute Gasteiger partial charge is 0.234 e. The highest BCUT2D eigenvalue weighted by Crippen LogP contribution is 2.24. The first-order valence-corrected chi connectivity index (χ1v) is 6.44. The molecule has 0 amide bonds. The molecule has 18 heavy (non-hydrogen) atoms. The van der Waals surface area contributed by atoms with Gasteiger partial charge in [-0.3, -0.25) is 4.98 Å². The summed E-state index contributed by atoms with van der Waals surface area (Å²) >= 11 is 1.52. The van der Waals surface area contributed by atoms with E-state index in [2.05, 4.69) is 27.2 Å². The fourth-order valence-electron chi connectivity index (χ4n) is 1.61. The summed E-state index contributed by atoms with van der Waals surface area (Å²) in [6.45, 7) is 2.63. The summed E-state index contributed by atoms with van der Waals surface area (Å²) in [6, 6.07) is 3.81. The molecule has 3 aromatic rings. The molecule has 0 bridgehead atoms. The average Bonchev–Trinajstić information content (AvgIpc) is 2.98. The lowest BCUT2D eigenvalue weighted by molar-refractivity contribution is 0.740. The van der Waals surface area contributed by atoms with Crippen molar-refractivity contribution in [1.82, 2.24) is 24.8 Å². The van der Waals surface area contributed by atoms with Gasteiger partial charge in [0.1, 0.15) is 5.01 Å². The van der Waals surface area contributed by atoms with Crippen LogP contribution in [0.2, 0.25) is 0 Å². The zero-order valence-electron chi connectivity index (χ0n) is 9.82. The number of rotatable bonds is 3. The van der Waals surface area contributed by atoms with E-state index < -0.39 is 0 Å². The molecule has 0 saturated carbocycles. The molecule has 3 heterocycles. The molecular weight excluding hydrogens is 248 g/mol. The summed E-state index contributed by atoms with van der Waals surface area (Å²) in [7, 11) is 0. The second-order valence-corrected chi connectivity index (χ2v) is 5.02. The van der Waals surface area contributed by atoms with Gasteiger partial charge in [0.05, 0.1) is 0 Å². The van der Waals surface area contributed by atoms with Gasteiger partial charge in [-0.1, -0.05) is 18.3 Å². The van der Waals surface area contributed by atoms with Gasteiger partial charge in [0.2, 0.25) is 4.96 Å². The Morgan fingerprint density at radius 3 is 3.06 bits per heavy atom. The molecule has 7 heteroatoms. The fraction of sp³-hybridized carbons (Fsp3) is 0.273. The molecule has 1 unspecified atom stereocenters. The highest BCUT2D eigenvalue weighted by molar-refractivity contribution is 7.16. The molecule has 0 aliphatic carbocycles. The van der Waals surface area contributed by atoms with Crippen LogP contribution in [-0.2, 0) is 0 Å². The molecule has 3 aromatic heterocycles. The van der Waals surface area contributed by atoms with E-state index in [1.807, 2.05) is 12.1 Å². The number of fused-ring (bicyclic) bond motifs is 1. The monoisotopic (exact) mass is 260 g/mol. The van der Waals surface area contributed by atoms with Gasteiger partial charge < -0.3 is 5.73 Å². The van der Waals surface area contributed by atoms with Crippen molar-refractivity contribution < 1.29 is 0 Å². The Hall–Kier alpha value is -1.86. The average molecular weight is 260 g/mol. The van der Waals surface area contributed by atoms with Crippen molar-refractivity contribution in [2.24, 2.45) is 5.73 Å². The molecule has 3 rings (SSSR count). The summed E-state index contributed by atoms with van der Waals surface area (Å²) in [4.78, 5) is 4.86. The van der Waals surface area contributed by atoms with Crippen molar-refractivity contribution in [3.8, 4) is 11.4 Å². The van der Waals surface area contributed by atoms with Crippen LogP contribution >= 0.6 is 11.3 Å². The maximum absolute atomic E-state index is 5.66. The third kappa shape index (κ3) is 1.77. The number of hydrogen-bond donors (Lipinski definition) is 1. The predicted molar refractivity (Wildman–Crippen MR) is 69.4 cm³/mol. The zero-order valence-corrected chi connectivity index (χ0v) is 10.6. The van der Waals surface area contributed by atoms with Gasteiger partial charge in [0, 0.05) is 30.4 Å².